The Morgan fingerprint density at radius 3 is 3.00 bits per heavy atom. The predicted molar refractivity (Wildman–Crippen MR) is 69.2 cm³/mol. The molecule has 0 aliphatic carbocycles. The first-order valence-corrected chi connectivity index (χ1v) is 7.52. The number of fused-ring (bicyclic) bond motifs is 1. The summed E-state index contributed by atoms with van der Waals surface area (Å²) in [6.45, 7) is 4.86. The Labute approximate surface area is 105 Å². The molecule has 0 aromatic carbocycles. The smallest absolute Gasteiger partial charge is 0.0576 e. The van der Waals surface area contributed by atoms with Gasteiger partial charge in [-0.05, 0) is 58.0 Å². The van der Waals surface area contributed by atoms with Gasteiger partial charge in [0.1, 0.15) is 0 Å². The normalized spacial score (nSPS) is 37.8. The van der Waals surface area contributed by atoms with Gasteiger partial charge in [-0.1, -0.05) is 0 Å². The molecule has 3 nitrogen and oxygen atoms in total. The highest BCUT2D eigenvalue weighted by molar-refractivity contribution is 4.95. The van der Waals surface area contributed by atoms with Crippen molar-refractivity contribution in [1.82, 2.24) is 10.2 Å². The van der Waals surface area contributed by atoms with Crippen LogP contribution in [0.5, 0.6) is 0 Å². The van der Waals surface area contributed by atoms with Crippen molar-refractivity contribution in [1.29, 1.82) is 0 Å². The summed E-state index contributed by atoms with van der Waals surface area (Å²) in [6, 6.07) is 1.64. The Balaban J connectivity index is 1.31. The van der Waals surface area contributed by atoms with Crippen LogP contribution in [0.1, 0.15) is 44.9 Å². The first-order valence-electron chi connectivity index (χ1n) is 7.52. The molecule has 3 saturated heterocycles. The average Bonchev–Trinajstić information content (AvgIpc) is 3.03. The van der Waals surface area contributed by atoms with Crippen LogP contribution in [0.4, 0.5) is 0 Å². The summed E-state index contributed by atoms with van der Waals surface area (Å²) in [5.74, 6) is 0. The van der Waals surface area contributed by atoms with Gasteiger partial charge < -0.3 is 10.1 Å². The molecule has 0 saturated carbocycles. The van der Waals surface area contributed by atoms with Crippen LogP contribution in [-0.2, 0) is 4.74 Å². The number of nitrogens with one attached hydrogen (secondary N) is 1. The van der Waals surface area contributed by atoms with E-state index in [4.69, 9.17) is 4.74 Å². The summed E-state index contributed by atoms with van der Waals surface area (Å²) in [4.78, 5) is 2.68. The average molecular weight is 238 g/mol. The van der Waals surface area contributed by atoms with E-state index in [-0.39, 0.29) is 0 Å². The van der Waals surface area contributed by atoms with Gasteiger partial charge >= 0.3 is 0 Å². The van der Waals surface area contributed by atoms with Gasteiger partial charge in [0.2, 0.25) is 0 Å². The maximum Gasteiger partial charge on any atom is 0.0576 e. The van der Waals surface area contributed by atoms with Crippen LogP contribution < -0.4 is 5.32 Å². The minimum absolute atomic E-state index is 0.573. The fraction of sp³-hybridized carbons (Fsp3) is 1.00. The van der Waals surface area contributed by atoms with E-state index < -0.39 is 0 Å². The first kappa shape index (κ1) is 11.9. The second-order valence-corrected chi connectivity index (χ2v) is 5.87. The van der Waals surface area contributed by atoms with Crippen molar-refractivity contribution >= 4 is 0 Å². The number of rotatable bonds is 5. The molecule has 3 rings (SSSR count). The van der Waals surface area contributed by atoms with Gasteiger partial charge in [0.05, 0.1) is 6.10 Å². The summed E-state index contributed by atoms with van der Waals surface area (Å²) in [5.41, 5.74) is 0. The maximum absolute atomic E-state index is 5.66. The number of hydrogen-bond donors (Lipinski definition) is 1. The maximum atomic E-state index is 5.66. The van der Waals surface area contributed by atoms with Crippen molar-refractivity contribution in [3.8, 4) is 0 Å². The summed E-state index contributed by atoms with van der Waals surface area (Å²) < 4.78 is 5.66. The van der Waals surface area contributed by atoms with Crippen molar-refractivity contribution in [2.45, 2.75) is 63.1 Å². The van der Waals surface area contributed by atoms with Crippen LogP contribution in [0.3, 0.4) is 0 Å². The Kier molecular flexibility index (Phi) is 3.99. The van der Waals surface area contributed by atoms with Crippen LogP contribution in [0.2, 0.25) is 0 Å². The Bertz CT molecular complexity index is 240. The highest BCUT2D eigenvalue weighted by Gasteiger charge is 2.36. The predicted octanol–water partition coefficient (Wildman–Crippen LogP) is 1.77. The van der Waals surface area contributed by atoms with E-state index in [1.807, 2.05) is 0 Å². The van der Waals surface area contributed by atoms with Crippen molar-refractivity contribution in [3.63, 3.8) is 0 Å². The molecule has 3 aliphatic heterocycles. The van der Waals surface area contributed by atoms with Crippen LogP contribution in [0.15, 0.2) is 0 Å². The quantitative estimate of drug-likeness (QED) is 0.739. The summed E-state index contributed by atoms with van der Waals surface area (Å²) in [7, 11) is 0. The molecule has 0 spiro atoms. The molecule has 3 heterocycles. The molecule has 1 N–H and O–H groups in total. The van der Waals surface area contributed by atoms with Crippen molar-refractivity contribution in [3.05, 3.63) is 0 Å². The van der Waals surface area contributed by atoms with Crippen molar-refractivity contribution < 1.29 is 4.74 Å². The van der Waals surface area contributed by atoms with Gasteiger partial charge in [-0.3, -0.25) is 4.90 Å². The molecular formula is C14H26N2O. The van der Waals surface area contributed by atoms with E-state index in [1.54, 1.807) is 0 Å². The fourth-order valence-corrected chi connectivity index (χ4v) is 3.81. The topological polar surface area (TPSA) is 24.5 Å². The van der Waals surface area contributed by atoms with Crippen LogP contribution in [0, 0.1) is 0 Å². The van der Waals surface area contributed by atoms with Gasteiger partial charge in [-0.2, -0.15) is 0 Å². The summed E-state index contributed by atoms with van der Waals surface area (Å²) in [6.07, 6.45) is 9.88. The first-order chi connectivity index (χ1) is 8.43. The molecule has 0 aromatic heterocycles. The molecule has 0 bridgehead atoms. The second-order valence-electron chi connectivity index (χ2n) is 5.87. The molecule has 3 unspecified atom stereocenters. The van der Waals surface area contributed by atoms with E-state index >= 15 is 0 Å². The highest BCUT2D eigenvalue weighted by atomic mass is 16.5. The number of ether oxygens (including phenoxy) is 1. The standard InChI is InChI=1S/C14H26N2O/c1(4-12-5-3-11-17-12)8-15-13-7-10-16-9-2-6-14(13)16/h12-15H,1-11H2. The molecule has 0 aromatic rings. The Morgan fingerprint density at radius 2 is 2.12 bits per heavy atom. The lowest BCUT2D eigenvalue weighted by Gasteiger charge is -2.21. The van der Waals surface area contributed by atoms with Crippen LogP contribution in [0.25, 0.3) is 0 Å². The third-order valence-corrected chi connectivity index (χ3v) is 4.74. The molecule has 17 heavy (non-hydrogen) atoms. The zero-order chi connectivity index (χ0) is 11.5. The largest absolute Gasteiger partial charge is 0.378 e. The van der Waals surface area contributed by atoms with E-state index in [0.29, 0.717) is 6.10 Å². The minimum atomic E-state index is 0.573. The summed E-state index contributed by atoms with van der Waals surface area (Å²) >= 11 is 0. The molecule has 3 atom stereocenters. The molecule has 3 aliphatic rings. The third-order valence-electron chi connectivity index (χ3n) is 4.74. The van der Waals surface area contributed by atoms with Crippen molar-refractivity contribution in [2.75, 3.05) is 26.2 Å². The zero-order valence-electron chi connectivity index (χ0n) is 10.9. The van der Waals surface area contributed by atoms with E-state index in [2.05, 4.69) is 10.2 Å². The Hall–Kier alpha value is -0.120. The molecule has 3 fully saturated rings. The fourth-order valence-electron chi connectivity index (χ4n) is 3.81. The SMILES string of the molecule is C(CNC1CCN2CCCC12)CC1CCCO1. The van der Waals surface area contributed by atoms with E-state index in [9.17, 15) is 0 Å². The van der Waals surface area contributed by atoms with Crippen molar-refractivity contribution in [2.24, 2.45) is 0 Å². The monoisotopic (exact) mass is 238 g/mol. The second kappa shape index (κ2) is 5.68. The van der Waals surface area contributed by atoms with Gasteiger partial charge in [0.15, 0.2) is 0 Å². The van der Waals surface area contributed by atoms with Gasteiger partial charge in [0.25, 0.3) is 0 Å². The van der Waals surface area contributed by atoms with Crippen LogP contribution in [-0.4, -0.2) is 49.3 Å². The molecule has 0 radical (unpaired) electrons. The highest BCUT2D eigenvalue weighted by Crippen LogP contribution is 2.27. The molecular weight excluding hydrogens is 212 g/mol. The lowest BCUT2D eigenvalue weighted by Crippen LogP contribution is -2.39. The third kappa shape index (κ3) is 2.83. The van der Waals surface area contributed by atoms with Gasteiger partial charge in [-0.25, -0.2) is 0 Å². The molecule has 0 amide bonds. The number of hydrogen-bond acceptors (Lipinski definition) is 3. The van der Waals surface area contributed by atoms with E-state index in [1.165, 1.54) is 64.6 Å². The lowest BCUT2D eigenvalue weighted by atomic mass is 10.1. The lowest BCUT2D eigenvalue weighted by molar-refractivity contribution is 0.102. The Morgan fingerprint density at radius 1 is 1.12 bits per heavy atom. The molecule has 98 valence electrons. The number of nitrogens with zero attached hydrogens (tertiary/aromatic N) is 1. The minimum Gasteiger partial charge on any atom is -0.378 e. The summed E-state index contributed by atoms with van der Waals surface area (Å²) in [5, 5.41) is 3.78. The zero-order valence-corrected chi connectivity index (χ0v) is 10.9. The van der Waals surface area contributed by atoms with Crippen LogP contribution >= 0.6 is 0 Å². The van der Waals surface area contributed by atoms with Gasteiger partial charge in [-0.15, -0.1) is 0 Å². The molecule has 3 heteroatoms. The van der Waals surface area contributed by atoms with Gasteiger partial charge in [0, 0.05) is 25.2 Å². The van der Waals surface area contributed by atoms with E-state index in [0.717, 1.165) is 18.7 Å².